The minimum atomic E-state index is -3.66. The summed E-state index contributed by atoms with van der Waals surface area (Å²) < 4.78 is 30.8. The van der Waals surface area contributed by atoms with Crippen LogP contribution in [0.2, 0.25) is 5.02 Å². The molecule has 0 aliphatic carbocycles. The Hall–Kier alpha value is -1.15. The van der Waals surface area contributed by atoms with Crippen molar-refractivity contribution in [2.75, 3.05) is 13.2 Å². The van der Waals surface area contributed by atoms with Crippen molar-refractivity contribution in [2.45, 2.75) is 17.9 Å². The van der Waals surface area contributed by atoms with Crippen molar-refractivity contribution in [2.24, 2.45) is 0 Å². The zero-order chi connectivity index (χ0) is 14.5. The highest BCUT2D eigenvalue weighted by Crippen LogP contribution is 2.14. The molecule has 0 amide bonds. The third-order valence-corrected chi connectivity index (χ3v) is 3.91. The van der Waals surface area contributed by atoms with Crippen molar-refractivity contribution in [1.82, 2.24) is 4.72 Å². The summed E-state index contributed by atoms with van der Waals surface area (Å²) in [5, 5.41) is 8.89. The number of rotatable bonds is 7. The van der Waals surface area contributed by atoms with E-state index in [1.165, 1.54) is 25.1 Å². The highest BCUT2D eigenvalue weighted by Gasteiger charge is 2.15. The average molecular weight is 308 g/mol. The molecule has 0 spiro atoms. The van der Waals surface area contributed by atoms with Crippen molar-refractivity contribution in [3.05, 3.63) is 29.3 Å². The zero-order valence-corrected chi connectivity index (χ0v) is 11.7. The van der Waals surface area contributed by atoms with Crippen molar-refractivity contribution in [1.29, 1.82) is 0 Å². The Morgan fingerprint density at radius 3 is 2.79 bits per heavy atom. The molecule has 106 valence electrons. The Labute approximate surface area is 116 Å². The Balaban J connectivity index is 2.50. The SMILES string of the molecule is CC(OCCNS(=O)(=O)c1cccc(Cl)c1)C(=O)O. The van der Waals surface area contributed by atoms with E-state index in [1.807, 2.05) is 0 Å². The van der Waals surface area contributed by atoms with Crippen LogP contribution in [0.25, 0.3) is 0 Å². The first-order chi connectivity index (χ1) is 8.83. The van der Waals surface area contributed by atoms with Crippen LogP contribution in [0.3, 0.4) is 0 Å². The molecule has 2 N–H and O–H groups in total. The number of benzene rings is 1. The van der Waals surface area contributed by atoms with Crippen molar-refractivity contribution in [3.63, 3.8) is 0 Å². The Bertz CT molecular complexity index is 546. The summed E-state index contributed by atoms with van der Waals surface area (Å²) in [5.74, 6) is -1.10. The topological polar surface area (TPSA) is 92.7 Å². The van der Waals surface area contributed by atoms with E-state index in [9.17, 15) is 13.2 Å². The molecule has 1 unspecified atom stereocenters. The van der Waals surface area contributed by atoms with Crippen LogP contribution in [0.4, 0.5) is 0 Å². The van der Waals surface area contributed by atoms with Gasteiger partial charge in [-0.2, -0.15) is 0 Å². The van der Waals surface area contributed by atoms with E-state index < -0.39 is 22.1 Å². The van der Waals surface area contributed by atoms with Crippen LogP contribution in [-0.4, -0.2) is 38.7 Å². The number of nitrogens with one attached hydrogen (secondary N) is 1. The van der Waals surface area contributed by atoms with Gasteiger partial charge < -0.3 is 9.84 Å². The molecule has 1 atom stereocenters. The van der Waals surface area contributed by atoms with Crippen LogP contribution >= 0.6 is 11.6 Å². The summed E-state index contributed by atoms with van der Waals surface area (Å²) in [6.07, 6.45) is -0.976. The number of carboxylic acids is 1. The van der Waals surface area contributed by atoms with Gasteiger partial charge in [0, 0.05) is 11.6 Å². The van der Waals surface area contributed by atoms with Crippen LogP contribution in [0.1, 0.15) is 6.92 Å². The molecular formula is C11H14ClNO5S. The first-order valence-electron chi connectivity index (χ1n) is 5.42. The monoisotopic (exact) mass is 307 g/mol. The molecule has 6 nitrogen and oxygen atoms in total. The molecule has 8 heteroatoms. The number of carboxylic acid groups (broad SMARTS) is 1. The number of halogens is 1. The number of carbonyl (C=O) groups is 1. The maximum Gasteiger partial charge on any atom is 0.332 e. The van der Waals surface area contributed by atoms with E-state index in [2.05, 4.69) is 4.72 Å². The van der Waals surface area contributed by atoms with Gasteiger partial charge in [0.15, 0.2) is 6.10 Å². The molecule has 0 saturated heterocycles. The lowest BCUT2D eigenvalue weighted by molar-refractivity contribution is -0.148. The second kappa shape index (κ2) is 6.85. The lowest BCUT2D eigenvalue weighted by atomic mass is 10.4. The van der Waals surface area contributed by atoms with Crippen molar-refractivity contribution >= 4 is 27.6 Å². The van der Waals surface area contributed by atoms with Gasteiger partial charge in [-0.15, -0.1) is 0 Å². The quantitative estimate of drug-likeness (QED) is 0.736. The molecule has 1 rings (SSSR count). The summed E-state index contributed by atoms with van der Waals surface area (Å²) in [7, 11) is -3.66. The van der Waals surface area contributed by atoms with Crippen LogP contribution in [0.15, 0.2) is 29.2 Å². The maximum absolute atomic E-state index is 11.8. The molecule has 0 heterocycles. The fourth-order valence-electron chi connectivity index (χ4n) is 1.20. The second-order valence-corrected chi connectivity index (χ2v) is 5.91. The number of hydrogen-bond acceptors (Lipinski definition) is 4. The molecule has 1 aromatic rings. The molecule has 1 aromatic carbocycles. The normalized spacial score (nSPS) is 13.2. The fraction of sp³-hybridized carbons (Fsp3) is 0.364. The van der Waals surface area contributed by atoms with Crippen LogP contribution in [-0.2, 0) is 19.6 Å². The molecule has 0 aliphatic rings. The lowest BCUT2D eigenvalue weighted by Gasteiger charge is -2.10. The fourth-order valence-corrected chi connectivity index (χ4v) is 2.51. The van der Waals surface area contributed by atoms with E-state index in [0.29, 0.717) is 5.02 Å². The zero-order valence-electron chi connectivity index (χ0n) is 10.2. The van der Waals surface area contributed by atoms with E-state index >= 15 is 0 Å². The molecule has 0 aliphatic heterocycles. The van der Waals surface area contributed by atoms with E-state index in [-0.39, 0.29) is 18.0 Å². The first kappa shape index (κ1) is 15.9. The van der Waals surface area contributed by atoms with Gasteiger partial charge in [0.1, 0.15) is 0 Å². The van der Waals surface area contributed by atoms with Gasteiger partial charge in [-0.05, 0) is 25.1 Å². The highest BCUT2D eigenvalue weighted by molar-refractivity contribution is 7.89. The molecule has 19 heavy (non-hydrogen) atoms. The number of ether oxygens (including phenoxy) is 1. The van der Waals surface area contributed by atoms with Gasteiger partial charge >= 0.3 is 5.97 Å². The van der Waals surface area contributed by atoms with Crippen LogP contribution in [0, 0.1) is 0 Å². The number of hydrogen-bond donors (Lipinski definition) is 2. The van der Waals surface area contributed by atoms with E-state index in [4.69, 9.17) is 21.4 Å². The van der Waals surface area contributed by atoms with Gasteiger partial charge in [0.25, 0.3) is 0 Å². The first-order valence-corrected chi connectivity index (χ1v) is 7.28. The van der Waals surface area contributed by atoms with E-state index in [1.54, 1.807) is 6.07 Å². The Kier molecular flexibility index (Phi) is 5.74. The van der Waals surface area contributed by atoms with Gasteiger partial charge in [-0.1, -0.05) is 17.7 Å². The predicted octanol–water partition coefficient (Wildman–Crippen LogP) is 1.11. The minimum Gasteiger partial charge on any atom is -0.479 e. The summed E-state index contributed by atoms with van der Waals surface area (Å²) in [6, 6.07) is 5.83. The third-order valence-electron chi connectivity index (χ3n) is 2.22. The van der Waals surface area contributed by atoms with Crippen LogP contribution < -0.4 is 4.72 Å². The summed E-state index contributed by atoms with van der Waals surface area (Å²) >= 11 is 5.71. The summed E-state index contributed by atoms with van der Waals surface area (Å²) in [5.41, 5.74) is 0. The van der Waals surface area contributed by atoms with E-state index in [0.717, 1.165) is 0 Å². The summed E-state index contributed by atoms with van der Waals surface area (Å²) in [4.78, 5) is 10.5. The van der Waals surface area contributed by atoms with Gasteiger partial charge in [-0.3, -0.25) is 0 Å². The van der Waals surface area contributed by atoms with Gasteiger partial charge in [0.2, 0.25) is 10.0 Å². The smallest absolute Gasteiger partial charge is 0.332 e. The minimum absolute atomic E-state index is 0.0214. The largest absolute Gasteiger partial charge is 0.479 e. The average Bonchev–Trinajstić information content (AvgIpc) is 2.34. The Morgan fingerprint density at radius 1 is 1.53 bits per heavy atom. The number of sulfonamides is 1. The molecule has 0 aromatic heterocycles. The summed E-state index contributed by atoms with van der Waals surface area (Å²) in [6.45, 7) is 1.31. The lowest BCUT2D eigenvalue weighted by Crippen LogP contribution is -2.30. The van der Waals surface area contributed by atoms with Crippen LogP contribution in [0.5, 0.6) is 0 Å². The molecule has 0 fully saturated rings. The third kappa shape index (κ3) is 5.15. The molecule has 0 radical (unpaired) electrons. The van der Waals surface area contributed by atoms with Crippen molar-refractivity contribution < 1.29 is 23.1 Å². The molecule has 0 bridgehead atoms. The standard InChI is InChI=1S/C11H14ClNO5S/c1-8(11(14)15)18-6-5-13-19(16,17)10-4-2-3-9(12)7-10/h2-4,7-8,13H,5-6H2,1H3,(H,14,15). The van der Waals surface area contributed by atoms with Gasteiger partial charge in [0.05, 0.1) is 11.5 Å². The second-order valence-electron chi connectivity index (χ2n) is 3.71. The maximum atomic E-state index is 11.8. The predicted molar refractivity (Wildman–Crippen MR) is 69.7 cm³/mol. The highest BCUT2D eigenvalue weighted by atomic mass is 35.5. The molecule has 0 saturated carbocycles. The van der Waals surface area contributed by atoms with Gasteiger partial charge in [-0.25, -0.2) is 17.9 Å². The number of aliphatic carboxylic acids is 1. The Morgan fingerprint density at radius 2 is 2.21 bits per heavy atom. The van der Waals surface area contributed by atoms with Crippen molar-refractivity contribution in [3.8, 4) is 0 Å². The molecular weight excluding hydrogens is 294 g/mol.